The topological polar surface area (TPSA) is 61.0 Å². The van der Waals surface area contributed by atoms with Gasteiger partial charge >= 0.3 is 0 Å². The highest BCUT2D eigenvalue weighted by Gasteiger charge is 2.13. The first-order valence-electron chi connectivity index (χ1n) is 5.81. The average molecular weight is 279 g/mol. The van der Waals surface area contributed by atoms with E-state index >= 15 is 0 Å². The van der Waals surface area contributed by atoms with E-state index in [9.17, 15) is 4.79 Å². The van der Waals surface area contributed by atoms with Crippen LogP contribution in [0.2, 0.25) is 5.02 Å². The molecule has 0 fully saturated rings. The smallest absolute Gasteiger partial charge is 0.254 e. The number of halogens is 1. The van der Waals surface area contributed by atoms with Gasteiger partial charge in [0, 0.05) is 32.2 Å². The number of hydrogen-bond donors (Lipinski definition) is 2. The second kappa shape index (κ2) is 5.75. The molecule has 2 N–H and O–H groups in total. The van der Waals surface area contributed by atoms with Crippen LogP contribution in [0.1, 0.15) is 16.2 Å². The summed E-state index contributed by atoms with van der Waals surface area (Å²) in [5.41, 5.74) is 1.31. The van der Waals surface area contributed by atoms with E-state index in [2.05, 4.69) is 15.3 Å². The standard InChI is InChI=1S/C13H15ClN4O/c1-18(2)13(19)10-7-9(3-4-11(10)14)17-8-12-15-5-6-16-12/h3-7,17H,8H2,1-2H3,(H,15,16). The van der Waals surface area contributed by atoms with Crippen LogP contribution in [0.15, 0.2) is 30.6 Å². The number of aromatic amines is 1. The Morgan fingerprint density at radius 1 is 1.47 bits per heavy atom. The van der Waals surface area contributed by atoms with Crippen molar-refractivity contribution in [3.8, 4) is 0 Å². The zero-order chi connectivity index (χ0) is 13.8. The molecule has 1 aromatic carbocycles. The molecule has 2 aromatic rings. The molecule has 1 amide bonds. The number of aromatic nitrogens is 2. The van der Waals surface area contributed by atoms with E-state index in [1.165, 1.54) is 4.90 Å². The van der Waals surface area contributed by atoms with Crippen LogP contribution < -0.4 is 5.32 Å². The number of benzene rings is 1. The molecule has 0 atom stereocenters. The van der Waals surface area contributed by atoms with Gasteiger partial charge in [0.25, 0.3) is 5.91 Å². The van der Waals surface area contributed by atoms with Gasteiger partial charge in [0.1, 0.15) is 5.82 Å². The maximum absolute atomic E-state index is 11.9. The fourth-order valence-corrected chi connectivity index (χ4v) is 1.82. The minimum Gasteiger partial charge on any atom is -0.378 e. The van der Waals surface area contributed by atoms with Crippen molar-refractivity contribution in [2.75, 3.05) is 19.4 Å². The Bertz CT molecular complexity index is 566. The normalized spacial score (nSPS) is 10.3. The third-order valence-corrected chi connectivity index (χ3v) is 2.95. The van der Waals surface area contributed by atoms with Gasteiger partial charge in [-0.2, -0.15) is 0 Å². The first-order valence-corrected chi connectivity index (χ1v) is 6.19. The minimum atomic E-state index is -0.119. The van der Waals surface area contributed by atoms with Gasteiger partial charge in [-0.1, -0.05) is 11.6 Å². The molecule has 1 heterocycles. The van der Waals surface area contributed by atoms with E-state index in [-0.39, 0.29) is 5.91 Å². The van der Waals surface area contributed by atoms with Gasteiger partial charge in [-0.25, -0.2) is 4.98 Å². The highest BCUT2D eigenvalue weighted by atomic mass is 35.5. The van der Waals surface area contributed by atoms with E-state index in [1.54, 1.807) is 38.6 Å². The third kappa shape index (κ3) is 3.26. The van der Waals surface area contributed by atoms with Crippen molar-refractivity contribution >= 4 is 23.2 Å². The summed E-state index contributed by atoms with van der Waals surface area (Å²) in [5.74, 6) is 0.710. The van der Waals surface area contributed by atoms with Crippen LogP contribution in [0.5, 0.6) is 0 Å². The van der Waals surface area contributed by atoms with Crippen molar-refractivity contribution in [3.63, 3.8) is 0 Å². The lowest BCUT2D eigenvalue weighted by Gasteiger charge is -2.13. The zero-order valence-corrected chi connectivity index (χ0v) is 11.5. The van der Waals surface area contributed by atoms with Crippen molar-refractivity contribution in [1.29, 1.82) is 0 Å². The Kier molecular flexibility index (Phi) is 4.06. The Hall–Kier alpha value is -2.01. The number of carbonyl (C=O) groups is 1. The summed E-state index contributed by atoms with van der Waals surface area (Å²) in [6.45, 7) is 0.560. The van der Waals surface area contributed by atoms with Gasteiger partial charge in [-0.05, 0) is 18.2 Å². The SMILES string of the molecule is CN(C)C(=O)c1cc(NCc2ncc[nH]2)ccc1Cl. The van der Waals surface area contributed by atoms with Gasteiger partial charge < -0.3 is 15.2 Å². The van der Waals surface area contributed by atoms with Crippen LogP contribution in [0.3, 0.4) is 0 Å². The summed E-state index contributed by atoms with van der Waals surface area (Å²) in [6, 6.07) is 5.29. The Labute approximate surface area is 116 Å². The van der Waals surface area contributed by atoms with E-state index in [0.29, 0.717) is 17.1 Å². The van der Waals surface area contributed by atoms with Crippen LogP contribution >= 0.6 is 11.6 Å². The molecule has 100 valence electrons. The number of carbonyl (C=O) groups excluding carboxylic acids is 1. The molecule has 0 saturated carbocycles. The number of nitrogens with one attached hydrogen (secondary N) is 2. The lowest BCUT2D eigenvalue weighted by atomic mass is 10.1. The monoisotopic (exact) mass is 278 g/mol. The molecule has 19 heavy (non-hydrogen) atoms. The molecule has 0 unspecified atom stereocenters. The number of hydrogen-bond acceptors (Lipinski definition) is 3. The first-order chi connectivity index (χ1) is 9.08. The highest BCUT2D eigenvalue weighted by Crippen LogP contribution is 2.21. The fraction of sp³-hybridized carbons (Fsp3) is 0.231. The predicted molar refractivity (Wildman–Crippen MR) is 75.4 cm³/mol. The molecular formula is C13H15ClN4O. The molecule has 0 saturated heterocycles. The van der Waals surface area contributed by atoms with E-state index in [1.807, 2.05) is 6.07 Å². The lowest BCUT2D eigenvalue weighted by molar-refractivity contribution is 0.0828. The number of anilines is 1. The van der Waals surface area contributed by atoms with E-state index in [0.717, 1.165) is 11.5 Å². The Balaban J connectivity index is 2.14. The summed E-state index contributed by atoms with van der Waals surface area (Å²) in [7, 11) is 3.39. The molecule has 0 aliphatic carbocycles. The number of H-pyrrole nitrogens is 1. The summed E-state index contributed by atoms with van der Waals surface area (Å²) >= 11 is 6.04. The number of rotatable bonds is 4. The van der Waals surface area contributed by atoms with E-state index in [4.69, 9.17) is 11.6 Å². The molecular weight excluding hydrogens is 264 g/mol. The molecule has 0 radical (unpaired) electrons. The Morgan fingerprint density at radius 2 is 2.26 bits per heavy atom. The molecule has 0 bridgehead atoms. The fourth-order valence-electron chi connectivity index (χ4n) is 1.62. The second-order valence-corrected chi connectivity index (χ2v) is 4.69. The largest absolute Gasteiger partial charge is 0.378 e. The van der Waals surface area contributed by atoms with Crippen LogP contribution in [-0.4, -0.2) is 34.9 Å². The summed E-state index contributed by atoms with van der Waals surface area (Å²) < 4.78 is 0. The summed E-state index contributed by atoms with van der Waals surface area (Å²) in [5, 5.41) is 3.63. The lowest BCUT2D eigenvalue weighted by Crippen LogP contribution is -2.22. The predicted octanol–water partition coefficient (Wildman–Crippen LogP) is 2.38. The quantitative estimate of drug-likeness (QED) is 0.903. The van der Waals surface area contributed by atoms with E-state index < -0.39 is 0 Å². The maximum atomic E-state index is 11.9. The van der Waals surface area contributed by atoms with Crippen LogP contribution in [-0.2, 0) is 6.54 Å². The Morgan fingerprint density at radius 3 is 2.89 bits per heavy atom. The molecule has 0 aliphatic rings. The molecule has 2 rings (SSSR count). The molecule has 1 aromatic heterocycles. The molecule has 0 spiro atoms. The number of nitrogens with zero attached hydrogens (tertiary/aromatic N) is 2. The highest BCUT2D eigenvalue weighted by molar-refractivity contribution is 6.34. The average Bonchev–Trinajstić information content (AvgIpc) is 2.90. The number of amides is 1. The maximum Gasteiger partial charge on any atom is 0.254 e. The van der Waals surface area contributed by atoms with Crippen molar-refractivity contribution in [2.45, 2.75) is 6.54 Å². The van der Waals surface area contributed by atoms with Crippen molar-refractivity contribution in [2.24, 2.45) is 0 Å². The van der Waals surface area contributed by atoms with Crippen molar-refractivity contribution < 1.29 is 4.79 Å². The van der Waals surface area contributed by atoms with Gasteiger partial charge in [0.2, 0.25) is 0 Å². The molecule has 6 heteroatoms. The molecule has 5 nitrogen and oxygen atoms in total. The first kappa shape index (κ1) is 13.4. The third-order valence-electron chi connectivity index (χ3n) is 2.62. The van der Waals surface area contributed by atoms with Crippen molar-refractivity contribution in [1.82, 2.24) is 14.9 Å². The van der Waals surface area contributed by atoms with Gasteiger partial charge in [0.15, 0.2) is 0 Å². The van der Waals surface area contributed by atoms with Gasteiger partial charge in [-0.15, -0.1) is 0 Å². The van der Waals surface area contributed by atoms with Crippen LogP contribution in [0.4, 0.5) is 5.69 Å². The number of imidazole rings is 1. The summed E-state index contributed by atoms with van der Waals surface area (Å²) in [6.07, 6.45) is 3.46. The minimum absolute atomic E-state index is 0.119. The zero-order valence-electron chi connectivity index (χ0n) is 10.8. The van der Waals surface area contributed by atoms with Gasteiger partial charge in [0.05, 0.1) is 17.1 Å². The van der Waals surface area contributed by atoms with Crippen LogP contribution in [0, 0.1) is 0 Å². The second-order valence-electron chi connectivity index (χ2n) is 4.28. The summed E-state index contributed by atoms with van der Waals surface area (Å²) in [4.78, 5) is 20.6. The van der Waals surface area contributed by atoms with Crippen molar-refractivity contribution in [3.05, 3.63) is 47.0 Å². The molecule has 0 aliphatic heterocycles. The van der Waals surface area contributed by atoms with Crippen LogP contribution in [0.25, 0.3) is 0 Å². The van der Waals surface area contributed by atoms with Gasteiger partial charge in [-0.3, -0.25) is 4.79 Å².